The Hall–Kier alpha value is -2.75. The van der Waals surface area contributed by atoms with Gasteiger partial charge in [0.1, 0.15) is 18.0 Å². The van der Waals surface area contributed by atoms with Crippen LogP contribution in [-0.4, -0.2) is 64.5 Å². The number of nitrogens with zero attached hydrogens (tertiary/aromatic N) is 4. The van der Waals surface area contributed by atoms with Crippen LogP contribution < -0.4 is 16.0 Å². The summed E-state index contributed by atoms with van der Waals surface area (Å²) in [6.07, 6.45) is 1.43. The van der Waals surface area contributed by atoms with Crippen LogP contribution in [0.25, 0.3) is 0 Å². The first-order chi connectivity index (χ1) is 14.3. The minimum absolute atomic E-state index is 0.100. The van der Waals surface area contributed by atoms with Crippen molar-refractivity contribution < 1.29 is 14.7 Å². The van der Waals surface area contributed by atoms with Crippen LogP contribution >= 0.6 is 11.6 Å². The van der Waals surface area contributed by atoms with E-state index in [2.05, 4.69) is 15.3 Å². The van der Waals surface area contributed by atoms with E-state index in [1.807, 2.05) is 11.8 Å². The number of nitrogens with one attached hydrogen (secondary N) is 1. The largest absolute Gasteiger partial charge is 0.374 e. The Bertz CT molecular complexity index is 977. The zero-order valence-corrected chi connectivity index (χ0v) is 17.3. The minimum atomic E-state index is -1.81. The smallest absolute Gasteiger partial charge is 0.260 e. The van der Waals surface area contributed by atoms with Gasteiger partial charge in [-0.25, -0.2) is 9.97 Å². The van der Waals surface area contributed by atoms with Gasteiger partial charge in [-0.05, 0) is 24.6 Å². The molecule has 1 fully saturated rings. The molecule has 0 radical (unpaired) electrons. The molecular formula is C20H23ClN6O3. The summed E-state index contributed by atoms with van der Waals surface area (Å²) >= 11 is 5.92. The third-order valence-electron chi connectivity index (χ3n) is 5.77. The molecule has 1 unspecified atom stereocenters. The van der Waals surface area contributed by atoms with Crippen molar-refractivity contribution in [1.29, 1.82) is 0 Å². The Labute approximate surface area is 178 Å². The fraction of sp³-hybridized carbons (Fsp3) is 0.400. The molecule has 2 aliphatic rings. The van der Waals surface area contributed by atoms with Gasteiger partial charge in [-0.3, -0.25) is 9.59 Å². The lowest BCUT2D eigenvalue weighted by molar-refractivity contribution is -0.151. The maximum Gasteiger partial charge on any atom is 0.260 e. The van der Waals surface area contributed by atoms with E-state index in [-0.39, 0.29) is 18.4 Å². The second-order valence-corrected chi connectivity index (χ2v) is 7.96. The molecular weight excluding hydrogens is 408 g/mol. The van der Waals surface area contributed by atoms with Crippen molar-refractivity contribution in [3.8, 4) is 0 Å². The zero-order chi connectivity index (χ0) is 21.5. The number of aliphatic hydroxyl groups is 1. The summed E-state index contributed by atoms with van der Waals surface area (Å²) in [5, 5.41) is 14.3. The van der Waals surface area contributed by atoms with Crippen molar-refractivity contribution in [3.05, 3.63) is 46.7 Å². The molecule has 4 rings (SSSR count). The summed E-state index contributed by atoms with van der Waals surface area (Å²) < 4.78 is 0. The molecule has 0 bridgehead atoms. The van der Waals surface area contributed by atoms with Crippen LogP contribution in [0.3, 0.4) is 0 Å². The van der Waals surface area contributed by atoms with Crippen molar-refractivity contribution in [2.45, 2.75) is 18.4 Å². The Balaban J connectivity index is 1.50. The normalized spacial score (nSPS) is 20.5. The molecule has 1 aromatic heterocycles. The number of hydrogen-bond acceptors (Lipinski definition) is 7. The molecule has 158 valence electrons. The molecule has 0 aliphatic carbocycles. The molecule has 2 aliphatic heterocycles. The Morgan fingerprint density at radius 2 is 1.93 bits per heavy atom. The lowest BCUT2D eigenvalue weighted by atomic mass is 9.92. The number of halogens is 1. The van der Waals surface area contributed by atoms with Gasteiger partial charge in [0, 0.05) is 43.3 Å². The second kappa shape index (κ2) is 7.82. The molecule has 0 saturated carbocycles. The number of benzene rings is 1. The number of fused-ring (bicyclic) bond motifs is 1. The van der Waals surface area contributed by atoms with E-state index in [4.69, 9.17) is 17.3 Å². The van der Waals surface area contributed by atoms with E-state index >= 15 is 0 Å². The van der Waals surface area contributed by atoms with Crippen LogP contribution in [-0.2, 0) is 15.2 Å². The number of anilines is 2. The van der Waals surface area contributed by atoms with Crippen LogP contribution in [0.5, 0.6) is 0 Å². The molecule has 0 spiro atoms. The van der Waals surface area contributed by atoms with Crippen molar-refractivity contribution in [2.24, 2.45) is 5.73 Å². The van der Waals surface area contributed by atoms with Gasteiger partial charge >= 0.3 is 0 Å². The van der Waals surface area contributed by atoms with Crippen LogP contribution in [0.4, 0.5) is 11.6 Å². The maximum atomic E-state index is 13.1. The molecule has 3 heterocycles. The molecule has 10 heteroatoms. The van der Waals surface area contributed by atoms with E-state index in [1.165, 1.54) is 6.33 Å². The number of carbonyl (C=O) groups is 2. The lowest BCUT2D eigenvalue weighted by Crippen LogP contribution is -2.57. The molecule has 2 aromatic rings. The van der Waals surface area contributed by atoms with Gasteiger partial charge < -0.3 is 26.0 Å². The molecule has 9 nitrogen and oxygen atoms in total. The van der Waals surface area contributed by atoms with E-state index in [9.17, 15) is 14.7 Å². The van der Waals surface area contributed by atoms with Gasteiger partial charge in [0.15, 0.2) is 5.60 Å². The SMILES string of the molecule is CC1C(=O)Nc2ncnc(N3CCN(C(=O)[C@](O)(CN)c4ccc(Cl)cc4)CC3)c21. The van der Waals surface area contributed by atoms with Crippen molar-refractivity contribution in [2.75, 3.05) is 42.9 Å². The van der Waals surface area contributed by atoms with Crippen LogP contribution in [0.2, 0.25) is 5.02 Å². The van der Waals surface area contributed by atoms with Crippen LogP contribution in [0, 0.1) is 0 Å². The monoisotopic (exact) mass is 430 g/mol. The molecule has 1 saturated heterocycles. The third-order valence-corrected chi connectivity index (χ3v) is 6.02. The number of hydrogen-bond donors (Lipinski definition) is 3. The molecule has 30 heavy (non-hydrogen) atoms. The predicted molar refractivity (Wildman–Crippen MR) is 112 cm³/mol. The number of rotatable bonds is 4. The van der Waals surface area contributed by atoms with Crippen molar-refractivity contribution in [1.82, 2.24) is 14.9 Å². The fourth-order valence-electron chi connectivity index (χ4n) is 3.93. The van der Waals surface area contributed by atoms with E-state index in [0.717, 1.165) is 5.56 Å². The first kappa shape index (κ1) is 20.5. The van der Waals surface area contributed by atoms with Gasteiger partial charge in [-0.15, -0.1) is 0 Å². The van der Waals surface area contributed by atoms with Gasteiger partial charge in [0.25, 0.3) is 5.91 Å². The average Bonchev–Trinajstić information content (AvgIpc) is 3.07. The standard InChI is InChI=1S/C20H23ClN6O3/c1-12-15-16(25-18(12)28)23-11-24-17(15)26-6-8-27(9-7-26)19(29)20(30,10-22)13-2-4-14(21)5-3-13/h2-5,11-12,30H,6-10,22H2,1H3,(H,23,24,25,28)/t12?,20-/m0/s1. The quantitative estimate of drug-likeness (QED) is 0.651. The van der Waals surface area contributed by atoms with Crippen molar-refractivity contribution >= 4 is 35.1 Å². The summed E-state index contributed by atoms with van der Waals surface area (Å²) in [7, 11) is 0. The third kappa shape index (κ3) is 3.38. The van der Waals surface area contributed by atoms with Crippen LogP contribution in [0.1, 0.15) is 24.0 Å². The van der Waals surface area contributed by atoms with E-state index in [1.54, 1.807) is 29.2 Å². The average molecular weight is 431 g/mol. The first-order valence-electron chi connectivity index (χ1n) is 9.73. The Kier molecular flexibility index (Phi) is 5.35. The topological polar surface area (TPSA) is 125 Å². The highest BCUT2D eigenvalue weighted by atomic mass is 35.5. The summed E-state index contributed by atoms with van der Waals surface area (Å²) in [4.78, 5) is 37.3. The molecule has 2 atom stereocenters. The maximum absolute atomic E-state index is 13.1. The summed E-state index contributed by atoms with van der Waals surface area (Å²) in [5.74, 6) is 0.366. The number of carbonyl (C=O) groups excluding carboxylic acids is 2. The second-order valence-electron chi connectivity index (χ2n) is 7.52. The highest BCUT2D eigenvalue weighted by Gasteiger charge is 2.41. The summed E-state index contributed by atoms with van der Waals surface area (Å²) in [6.45, 7) is 3.39. The van der Waals surface area contributed by atoms with Gasteiger partial charge in [0.05, 0.1) is 5.92 Å². The first-order valence-corrected chi connectivity index (χ1v) is 10.1. The van der Waals surface area contributed by atoms with Gasteiger partial charge in [-0.1, -0.05) is 23.7 Å². The highest BCUT2D eigenvalue weighted by Crippen LogP contribution is 2.37. The number of piperazine rings is 1. The van der Waals surface area contributed by atoms with Crippen LogP contribution in [0.15, 0.2) is 30.6 Å². The fourth-order valence-corrected chi connectivity index (χ4v) is 4.06. The van der Waals surface area contributed by atoms with Crippen molar-refractivity contribution in [3.63, 3.8) is 0 Å². The molecule has 4 N–H and O–H groups in total. The highest BCUT2D eigenvalue weighted by molar-refractivity contribution is 6.30. The summed E-state index contributed by atoms with van der Waals surface area (Å²) in [5.41, 5.74) is 5.17. The van der Waals surface area contributed by atoms with E-state index in [0.29, 0.717) is 48.4 Å². The zero-order valence-electron chi connectivity index (χ0n) is 16.5. The minimum Gasteiger partial charge on any atom is -0.374 e. The van der Waals surface area contributed by atoms with E-state index < -0.39 is 11.5 Å². The molecule has 2 amide bonds. The number of aromatic nitrogens is 2. The Morgan fingerprint density at radius 1 is 1.27 bits per heavy atom. The predicted octanol–water partition coefficient (Wildman–Crippen LogP) is 0.681. The number of nitrogens with two attached hydrogens (primary N) is 1. The number of amides is 2. The van der Waals surface area contributed by atoms with Gasteiger partial charge in [-0.2, -0.15) is 0 Å². The summed E-state index contributed by atoms with van der Waals surface area (Å²) in [6, 6.07) is 6.46. The Morgan fingerprint density at radius 3 is 2.57 bits per heavy atom. The molecule has 1 aromatic carbocycles. The lowest BCUT2D eigenvalue weighted by Gasteiger charge is -2.39. The van der Waals surface area contributed by atoms with Gasteiger partial charge in [0.2, 0.25) is 5.91 Å².